The normalized spacial score (nSPS) is 11.0. The Kier molecular flexibility index (Phi) is 5.94. The molecule has 0 aliphatic rings. The number of carbonyl (C=O) groups is 1. The molecule has 0 amide bonds. The molecule has 0 atom stereocenters. The summed E-state index contributed by atoms with van der Waals surface area (Å²) in [6.07, 6.45) is 3.35. The van der Waals surface area contributed by atoms with Crippen LogP contribution in [0.4, 0.5) is 0 Å². The van der Waals surface area contributed by atoms with Crippen molar-refractivity contribution >= 4 is 11.9 Å². The zero-order valence-electron chi connectivity index (χ0n) is 16.6. The van der Waals surface area contributed by atoms with E-state index in [0.717, 1.165) is 16.9 Å². The second-order valence-corrected chi connectivity index (χ2v) is 6.33. The van der Waals surface area contributed by atoms with Crippen molar-refractivity contribution in [1.29, 1.82) is 0 Å². The van der Waals surface area contributed by atoms with E-state index < -0.39 is 0 Å². The fraction of sp³-hybridized carbons (Fsp3) is 0.217. The third kappa shape index (κ3) is 3.98. The molecule has 5 nitrogen and oxygen atoms in total. The van der Waals surface area contributed by atoms with Crippen LogP contribution in [-0.4, -0.2) is 29.3 Å². The van der Waals surface area contributed by atoms with Crippen LogP contribution in [0.1, 0.15) is 34.2 Å². The number of benzene rings is 2. The Bertz CT molecular complexity index is 1000. The van der Waals surface area contributed by atoms with Gasteiger partial charge in [-0.05, 0) is 56.7 Å². The molecule has 0 N–H and O–H groups in total. The smallest absolute Gasteiger partial charge is 0.189 e. The van der Waals surface area contributed by atoms with E-state index in [1.165, 1.54) is 0 Å². The molecule has 144 valence electrons. The molecule has 0 aliphatic heterocycles. The number of allylic oxidation sites excluding steroid dienone is 1. The fourth-order valence-corrected chi connectivity index (χ4v) is 3.14. The molecule has 1 heterocycles. The Morgan fingerprint density at radius 2 is 1.86 bits per heavy atom. The van der Waals surface area contributed by atoms with Gasteiger partial charge in [-0.25, -0.2) is 4.68 Å². The lowest BCUT2D eigenvalue weighted by Crippen LogP contribution is -2.01. The second-order valence-electron chi connectivity index (χ2n) is 6.33. The van der Waals surface area contributed by atoms with Crippen molar-refractivity contribution in [3.8, 4) is 17.2 Å². The minimum absolute atomic E-state index is 0.0778. The Hall–Kier alpha value is -3.34. The van der Waals surface area contributed by atoms with Crippen LogP contribution in [0.25, 0.3) is 11.8 Å². The van der Waals surface area contributed by atoms with Crippen molar-refractivity contribution in [2.45, 2.75) is 20.8 Å². The highest BCUT2D eigenvalue weighted by molar-refractivity contribution is 6.08. The average molecular weight is 376 g/mol. The monoisotopic (exact) mass is 376 g/mol. The number of nitrogens with zero attached hydrogens (tertiary/aromatic N) is 2. The van der Waals surface area contributed by atoms with Gasteiger partial charge in [-0.2, -0.15) is 5.10 Å². The van der Waals surface area contributed by atoms with Crippen LogP contribution in [0.2, 0.25) is 0 Å². The first-order chi connectivity index (χ1) is 13.5. The summed E-state index contributed by atoms with van der Waals surface area (Å²) in [5.41, 5.74) is 3.95. The third-order valence-corrected chi connectivity index (χ3v) is 4.45. The summed E-state index contributed by atoms with van der Waals surface area (Å²) in [4.78, 5) is 12.8. The van der Waals surface area contributed by atoms with Gasteiger partial charge in [0.05, 0.1) is 36.4 Å². The molecule has 0 saturated carbocycles. The lowest BCUT2D eigenvalue weighted by molar-refractivity contribution is 0.104. The largest absolute Gasteiger partial charge is 0.493 e. The number of aryl methyl sites for hydroxylation is 1. The van der Waals surface area contributed by atoms with Crippen LogP contribution < -0.4 is 9.47 Å². The van der Waals surface area contributed by atoms with E-state index in [0.29, 0.717) is 29.4 Å². The summed E-state index contributed by atoms with van der Waals surface area (Å²) >= 11 is 0. The van der Waals surface area contributed by atoms with Crippen LogP contribution >= 0.6 is 0 Å². The molecule has 0 saturated heterocycles. The maximum Gasteiger partial charge on any atom is 0.189 e. The topological polar surface area (TPSA) is 53.3 Å². The summed E-state index contributed by atoms with van der Waals surface area (Å²) in [5.74, 6) is 1.25. The minimum atomic E-state index is -0.0778. The van der Waals surface area contributed by atoms with Crippen molar-refractivity contribution < 1.29 is 14.3 Å². The number of para-hydroxylation sites is 1. The Balaban J connectivity index is 1.88. The number of methoxy groups -OCH3 is 1. The van der Waals surface area contributed by atoms with Gasteiger partial charge in [-0.15, -0.1) is 0 Å². The Labute approximate surface area is 165 Å². The Morgan fingerprint density at radius 3 is 2.54 bits per heavy atom. The molecule has 3 rings (SSSR count). The lowest BCUT2D eigenvalue weighted by atomic mass is 10.1. The van der Waals surface area contributed by atoms with E-state index in [1.807, 2.05) is 69.3 Å². The zero-order chi connectivity index (χ0) is 20.1. The summed E-state index contributed by atoms with van der Waals surface area (Å²) in [5, 5.41) is 4.54. The van der Waals surface area contributed by atoms with E-state index in [1.54, 1.807) is 23.9 Å². The van der Waals surface area contributed by atoms with E-state index in [-0.39, 0.29) is 5.78 Å². The molecule has 5 heteroatoms. The number of ether oxygens (including phenoxy) is 2. The predicted octanol–water partition coefficient (Wildman–Crippen LogP) is 4.79. The van der Waals surface area contributed by atoms with Gasteiger partial charge in [0.15, 0.2) is 17.3 Å². The van der Waals surface area contributed by atoms with Crippen molar-refractivity contribution in [1.82, 2.24) is 9.78 Å². The summed E-state index contributed by atoms with van der Waals surface area (Å²) in [7, 11) is 1.60. The first-order valence-corrected chi connectivity index (χ1v) is 9.20. The maximum atomic E-state index is 12.8. The Morgan fingerprint density at radius 1 is 1.11 bits per heavy atom. The van der Waals surface area contributed by atoms with Gasteiger partial charge in [0.25, 0.3) is 0 Å². The summed E-state index contributed by atoms with van der Waals surface area (Å²) < 4.78 is 12.7. The van der Waals surface area contributed by atoms with Gasteiger partial charge in [-0.3, -0.25) is 4.79 Å². The molecular weight excluding hydrogens is 352 g/mol. The van der Waals surface area contributed by atoms with Gasteiger partial charge >= 0.3 is 0 Å². The lowest BCUT2D eigenvalue weighted by Gasteiger charge is -2.09. The highest BCUT2D eigenvalue weighted by Gasteiger charge is 2.17. The second kappa shape index (κ2) is 8.57. The fourth-order valence-electron chi connectivity index (χ4n) is 3.14. The molecule has 0 bridgehead atoms. The molecule has 1 aromatic heterocycles. The number of hydrogen-bond acceptors (Lipinski definition) is 4. The quantitative estimate of drug-likeness (QED) is 0.439. The van der Waals surface area contributed by atoms with Gasteiger partial charge < -0.3 is 9.47 Å². The highest BCUT2D eigenvalue weighted by atomic mass is 16.5. The summed E-state index contributed by atoms with van der Waals surface area (Å²) in [6, 6.07) is 15.4. The van der Waals surface area contributed by atoms with Crippen molar-refractivity contribution in [2.24, 2.45) is 0 Å². The molecule has 2 aromatic carbocycles. The number of aromatic nitrogens is 2. The standard InChI is InChI=1S/C23H24N2O3/c1-5-28-22-15-18(12-14-21(22)27-4)11-13-20(26)23-16(2)24-25(17(23)3)19-9-7-6-8-10-19/h6-15H,5H2,1-4H3. The third-order valence-electron chi connectivity index (χ3n) is 4.45. The number of rotatable bonds is 7. The van der Waals surface area contributed by atoms with Gasteiger partial charge in [-0.1, -0.05) is 30.3 Å². The molecule has 0 radical (unpaired) electrons. The first kappa shape index (κ1) is 19.4. The SMILES string of the molecule is CCOc1cc(C=CC(=O)c2c(C)nn(-c3ccccc3)c2C)ccc1OC. The van der Waals surface area contributed by atoms with Crippen LogP contribution in [0.5, 0.6) is 11.5 Å². The van der Waals surface area contributed by atoms with Crippen molar-refractivity contribution in [2.75, 3.05) is 13.7 Å². The average Bonchev–Trinajstić information content (AvgIpc) is 3.01. The molecule has 28 heavy (non-hydrogen) atoms. The van der Waals surface area contributed by atoms with Crippen LogP contribution in [0.15, 0.2) is 54.6 Å². The molecule has 0 aliphatic carbocycles. The minimum Gasteiger partial charge on any atom is -0.493 e. The van der Waals surface area contributed by atoms with E-state index in [4.69, 9.17) is 9.47 Å². The molecule has 0 fully saturated rings. The highest BCUT2D eigenvalue weighted by Crippen LogP contribution is 2.28. The van der Waals surface area contributed by atoms with Gasteiger partial charge in [0, 0.05) is 0 Å². The molecule has 0 unspecified atom stereocenters. The van der Waals surface area contributed by atoms with E-state index >= 15 is 0 Å². The number of ketones is 1. The molecule has 3 aromatic rings. The number of hydrogen-bond donors (Lipinski definition) is 0. The summed E-state index contributed by atoms with van der Waals surface area (Å²) in [6.45, 7) is 6.23. The van der Waals surface area contributed by atoms with E-state index in [2.05, 4.69) is 5.10 Å². The van der Waals surface area contributed by atoms with Crippen LogP contribution in [0, 0.1) is 13.8 Å². The first-order valence-electron chi connectivity index (χ1n) is 9.20. The van der Waals surface area contributed by atoms with Gasteiger partial charge in [0.2, 0.25) is 0 Å². The van der Waals surface area contributed by atoms with Crippen molar-refractivity contribution in [3.63, 3.8) is 0 Å². The predicted molar refractivity (Wildman–Crippen MR) is 111 cm³/mol. The number of carbonyl (C=O) groups excluding carboxylic acids is 1. The molecular formula is C23H24N2O3. The van der Waals surface area contributed by atoms with Crippen LogP contribution in [0.3, 0.4) is 0 Å². The van der Waals surface area contributed by atoms with E-state index in [9.17, 15) is 4.79 Å². The van der Waals surface area contributed by atoms with Crippen molar-refractivity contribution in [3.05, 3.63) is 77.1 Å². The maximum absolute atomic E-state index is 12.8. The van der Waals surface area contributed by atoms with Crippen LogP contribution in [-0.2, 0) is 0 Å². The zero-order valence-corrected chi connectivity index (χ0v) is 16.6. The molecule has 0 spiro atoms. The van der Waals surface area contributed by atoms with Gasteiger partial charge in [0.1, 0.15) is 0 Å².